The highest BCUT2D eigenvalue weighted by Gasteiger charge is 2.13. The maximum Gasteiger partial charge on any atom is 0.123 e. The van der Waals surface area contributed by atoms with Crippen molar-refractivity contribution in [3.05, 3.63) is 76.3 Å². The van der Waals surface area contributed by atoms with Crippen LogP contribution in [0.1, 0.15) is 49.7 Å². The lowest BCUT2D eigenvalue weighted by Gasteiger charge is -2.23. The second kappa shape index (κ2) is 10.3. The predicted octanol–water partition coefficient (Wildman–Crippen LogP) is 7.04. The van der Waals surface area contributed by atoms with Gasteiger partial charge in [-0.25, -0.2) is 0 Å². The van der Waals surface area contributed by atoms with Crippen LogP contribution < -0.4 is 10.1 Å². The lowest BCUT2D eigenvalue weighted by molar-refractivity contribution is 0.303. The summed E-state index contributed by atoms with van der Waals surface area (Å²) in [4.78, 5) is 0. The quantitative estimate of drug-likeness (QED) is 0.370. The average Bonchev–Trinajstić information content (AvgIpc) is 2.77. The van der Waals surface area contributed by atoms with E-state index in [1.807, 2.05) is 0 Å². The van der Waals surface area contributed by atoms with E-state index in [0.717, 1.165) is 35.7 Å². The van der Waals surface area contributed by atoms with Crippen molar-refractivity contribution in [1.82, 2.24) is 5.32 Å². The number of fused-ring (bicyclic) bond motifs is 1. The molecule has 0 radical (unpaired) electrons. The van der Waals surface area contributed by atoms with E-state index in [0.29, 0.717) is 6.61 Å². The normalized spacial score (nSPS) is 14.9. The Morgan fingerprint density at radius 2 is 1.69 bits per heavy atom. The molecule has 0 atom stereocenters. The predicted molar refractivity (Wildman–Crippen MR) is 126 cm³/mol. The Hall–Kier alpha value is -1.84. The Balaban J connectivity index is 1.44. The van der Waals surface area contributed by atoms with Crippen molar-refractivity contribution in [3.63, 3.8) is 0 Å². The second-order valence-electron chi connectivity index (χ2n) is 8.07. The summed E-state index contributed by atoms with van der Waals surface area (Å²) in [5.41, 5.74) is 2.52. The minimum Gasteiger partial charge on any atom is -0.489 e. The first-order valence-electron chi connectivity index (χ1n) is 10.9. The molecule has 0 amide bonds. The molecule has 0 aliphatic heterocycles. The molecule has 4 rings (SSSR count). The second-order valence-corrected chi connectivity index (χ2v) is 8.99. The van der Waals surface area contributed by atoms with Gasteiger partial charge in [-0.15, -0.1) is 0 Å². The van der Waals surface area contributed by atoms with Gasteiger partial charge in [-0.05, 0) is 66.8 Å². The largest absolute Gasteiger partial charge is 0.489 e. The van der Waals surface area contributed by atoms with Gasteiger partial charge in [-0.3, -0.25) is 0 Å². The molecule has 0 unspecified atom stereocenters. The van der Waals surface area contributed by atoms with E-state index in [1.54, 1.807) is 0 Å². The number of benzene rings is 3. The lowest BCUT2D eigenvalue weighted by atomic mass is 9.95. The number of hydrogen-bond donors (Lipinski definition) is 1. The van der Waals surface area contributed by atoms with Crippen molar-refractivity contribution in [1.29, 1.82) is 0 Å². The summed E-state index contributed by atoms with van der Waals surface area (Å²) in [6.07, 6.45) is 9.04. The summed E-state index contributed by atoms with van der Waals surface area (Å²) in [7, 11) is 0. The minimum atomic E-state index is 0.596. The van der Waals surface area contributed by atoms with Gasteiger partial charge in [-0.1, -0.05) is 77.7 Å². The van der Waals surface area contributed by atoms with Gasteiger partial charge >= 0.3 is 0 Å². The third-order valence-corrected chi connectivity index (χ3v) is 6.48. The molecule has 2 nitrogen and oxygen atoms in total. The van der Waals surface area contributed by atoms with Crippen LogP contribution in [0.2, 0.25) is 0 Å². The van der Waals surface area contributed by atoms with E-state index in [1.165, 1.54) is 54.0 Å². The molecule has 1 aliphatic rings. The number of nitrogens with one attached hydrogen (secondary N) is 1. The molecule has 0 saturated heterocycles. The molecule has 1 aliphatic carbocycles. The van der Waals surface area contributed by atoms with Crippen LogP contribution in [0.25, 0.3) is 10.8 Å². The molecule has 3 aromatic carbocycles. The van der Waals surface area contributed by atoms with Gasteiger partial charge in [0.15, 0.2) is 0 Å². The highest BCUT2D eigenvalue weighted by atomic mass is 79.9. The Bertz CT molecular complexity index is 916. The molecule has 29 heavy (non-hydrogen) atoms. The zero-order chi connectivity index (χ0) is 19.9. The maximum absolute atomic E-state index is 6.28. The molecule has 3 aromatic rings. The first-order valence-corrected chi connectivity index (χ1v) is 11.7. The number of halogens is 1. The monoisotopic (exact) mass is 451 g/mol. The van der Waals surface area contributed by atoms with E-state index in [9.17, 15) is 0 Å². The van der Waals surface area contributed by atoms with Crippen molar-refractivity contribution in [2.45, 2.75) is 57.6 Å². The molecule has 0 aromatic heterocycles. The summed E-state index contributed by atoms with van der Waals surface area (Å²) >= 11 is 3.50. The molecule has 1 N–H and O–H groups in total. The molecule has 152 valence electrons. The first-order chi connectivity index (χ1) is 14.3. The third-order valence-electron chi connectivity index (χ3n) is 5.95. The molecule has 3 heteroatoms. The van der Waals surface area contributed by atoms with Crippen LogP contribution in [-0.4, -0.2) is 12.6 Å². The van der Waals surface area contributed by atoms with Gasteiger partial charge in [-0.2, -0.15) is 0 Å². The Kier molecular flexibility index (Phi) is 7.23. The zero-order valence-corrected chi connectivity index (χ0v) is 18.6. The number of hydrogen-bond acceptors (Lipinski definition) is 2. The Morgan fingerprint density at radius 1 is 0.897 bits per heavy atom. The van der Waals surface area contributed by atoms with Crippen molar-refractivity contribution >= 4 is 26.7 Å². The molecular weight excluding hydrogens is 422 g/mol. The lowest BCUT2D eigenvalue weighted by Crippen LogP contribution is -2.31. The molecular formula is C26H30BrNO. The van der Waals surface area contributed by atoms with Crippen molar-refractivity contribution in [3.8, 4) is 5.75 Å². The van der Waals surface area contributed by atoms with Crippen LogP contribution in [0, 0.1) is 0 Å². The van der Waals surface area contributed by atoms with E-state index < -0.39 is 0 Å². The maximum atomic E-state index is 6.28. The fourth-order valence-corrected chi connectivity index (χ4v) is 4.59. The van der Waals surface area contributed by atoms with Crippen LogP contribution in [0.4, 0.5) is 0 Å². The van der Waals surface area contributed by atoms with Gasteiger partial charge < -0.3 is 10.1 Å². The van der Waals surface area contributed by atoms with Crippen LogP contribution in [0.3, 0.4) is 0 Å². The van der Waals surface area contributed by atoms with Gasteiger partial charge in [0, 0.05) is 16.1 Å². The SMILES string of the molecule is Brc1ccc(COc2ccc3ccccc3c2CCCNC2CCCCC2)cc1. The van der Waals surface area contributed by atoms with Crippen LogP contribution in [0.5, 0.6) is 5.75 Å². The Labute approximate surface area is 182 Å². The van der Waals surface area contributed by atoms with E-state index in [2.05, 4.69) is 81.9 Å². The number of aryl methyl sites for hydroxylation is 1. The molecule has 0 spiro atoms. The van der Waals surface area contributed by atoms with Crippen LogP contribution in [-0.2, 0) is 13.0 Å². The van der Waals surface area contributed by atoms with E-state index >= 15 is 0 Å². The van der Waals surface area contributed by atoms with Crippen LogP contribution >= 0.6 is 15.9 Å². The fourth-order valence-electron chi connectivity index (χ4n) is 4.33. The number of rotatable bonds is 8. The smallest absolute Gasteiger partial charge is 0.123 e. The summed E-state index contributed by atoms with van der Waals surface area (Å²) < 4.78 is 7.38. The number of ether oxygens (including phenoxy) is 1. The summed E-state index contributed by atoms with van der Waals surface area (Å²) in [6, 6.07) is 22.1. The fraction of sp³-hybridized carbons (Fsp3) is 0.385. The first kappa shape index (κ1) is 20.4. The zero-order valence-electron chi connectivity index (χ0n) is 17.0. The molecule has 0 heterocycles. The highest BCUT2D eigenvalue weighted by molar-refractivity contribution is 9.10. The average molecular weight is 452 g/mol. The highest BCUT2D eigenvalue weighted by Crippen LogP contribution is 2.30. The van der Waals surface area contributed by atoms with Crippen molar-refractivity contribution in [2.24, 2.45) is 0 Å². The summed E-state index contributed by atoms with van der Waals surface area (Å²) in [5.74, 6) is 1.02. The van der Waals surface area contributed by atoms with E-state index in [-0.39, 0.29) is 0 Å². The topological polar surface area (TPSA) is 21.3 Å². The van der Waals surface area contributed by atoms with Gasteiger partial charge in [0.1, 0.15) is 12.4 Å². The molecule has 0 bridgehead atoms. The summed E-state index contributed by atoms with van der Waals surface area (Å²) in [5, 5.41) is 6.39. The van der Waals surface area contributed by atoms with Gasteiger partial charge in [0.25, 0.3) is 0 Å². The Morgan fingerprint density at radius 3 is 2.52 bits per heavy atom. The molecule has 1 fully saturated rings. The minimum absolute atomic E-state index is 0.596. The van der Waals surface area contributed by atoms with Crippen molar-refractivity contribution in [2.75, 3.05) is 6.54 Å². The van der Waals surface area contributed by atoms with Crippen molar-refractivity contribution < 1.29 is 4.74 Å². The standard InChI is InChI=1S/C26H30BrNO/c27-22-15-12-20(13-16-22)19-29-26-17-14-21-7-4-5-10-24(21)25(26)11-6-18-28-23-8-2-1-3-9-23/h4-5,7,10,12-17,23,28H,1-3,6,8-9,11,18-19H2. The summed E-state index contributed by atoms with van der Waals surface area (Å²) in [6.45, 7) is 1.68. The third kappa shape index (κ3) is 5.61. The van der Waals surface area contributed by atoms with Crippen LogP contribution in [0.15, 0.2) is 65.1 Å². The van der Waals surface area contributed by atoms with Gasteiger partial charge in [0.05, 0.1) is 0 Å². The van der Waals surface area contributed by atoms with E-state index in [4.69, 9.17) is 4.74 Å². The molecule has 1 saturated carbocycles. The van der Waals surface area contributed by atoms with Gasteiger partial charge in [0.2, 0.25) is 0 Å².